The van der Waals surface area contributed by atoms with Crippen LogP contribution >= 0.6 is 0 Å². The monoisotopic (exact) mass is 247 g/mol. The molecule has 0 aliphatic heterocycles. The molecule has 0 saturated heterocycles. The van der Waals surface area contributed by atoms with E-state index in [-0.39, 0.29) is 17.1 Å². The van der Waals surface area contributed by atoms with Crippen LogP contribution in [0.4, 0.5) is 0 Å². The number of benzene rings is 1. The average molecular weight is 247 g/mol. The van der Waals surface area contributed by atoms with Gasteiger partial charge in [0.25, 0.3) is 0 Å². The van der Waals surface area contributed by atoms with Crippen LogP contribution in [0.1, 0.15) is 38.2 Å². The normalized spacial score (nSPS) is 17.7. The summed E-state index contributed by atoms with van der Waals surface area (Å²) in [6.07, 6.45) is 4.34. The Hall–Kier alpha value is -1.51. The molecule has 1 aliphatic rings. The molecule has 0 atom stereocenters. The van der Waals surface area contributed by atoms with Gasteiger partial charge in [-0.25, -0.2) is 0 Å². The summed E-state index contributed by atoms with van der Waals surface area (Å²) in [7, 11) is 1.86. The first-order chi connectivity index (χ1) is 8.51. The zero-order valence-electron chi connectivity index (χ0n) is 11.1. The molecule has 18 heavy (non-hydrogen) atoms. The van der Waals surface area contributed by atoms with Crippen LogP contribution in [0.15, 0.2) is 24.3 Å². The van der Waals surface area contributed by atoms with Gasteiger partial charge in [0, 0.05) is 19.0 Å². The van der Waals surface area contributed by atoms with E-state index in [9.17, 15) is 9.90 Å². The van der Waals surface area contributed by atoms with E-state index in [0.29, 0.717) is 6.54 Å². The van der Waals surface area contributed by atoms with Crippen LogP contribution in [0, 0.1) is 5.41 Å². The van der Waals surface area contributed by atoms with Crippen molar-refractivity contribution in [3.05, 3.63) is 29.8 Å². The van der Waals surface area contributed by atoms with Crippen molar-refractivity contribution in [2.75, 3.05) is 7.05 Å². The van der Waals surface area contributed by atoms with Gasteiger partial charge in [-0.2, -0.15) is 0 Å². The topological polar surface area (TPSA) is 40.5 Å². The van der Waals surface area contributed by atoms with E-state index < -0.39 is 0 Å². The standard InChI is InChI=1S/C15H21NO2/c1-15(9-3-4-10-15)14(18)16(2)11-12-5-7-13(17)8-6-12/h5-8,17H,3-4,9-11H2,1-2H3. The molecule has 1 fully saturated rings. The quantitative estimate of drug-likeness (QED) is 0.892. The van der Waals surface area contributed by atoms with E-state index in [4.69, 9.17) is 0 Å². The van der Waals surface area contributed by atoms with Gasteiger partial charge in [-0.1, -0.05) is 31.9 Å². The highest BCUT2D eigenvalue weighted by molar-refractivity contribution is 5.82. The molecular formula is C15H21NO2. The third kappa shape index (κ3) is 2.66. The van der Waals surface area contributed by atoms with Gasteiger partial charge >= 0.3 is 0 Å². The molecule has 0 spiro atoms. The van der Waals surface area contributed by atoms with Crippen LogP contribution < -0.4 is 0 Å². The molecule has 0 heterocycles. The lowest BCUT2D eigenvalue weighted by Crippen LogP contribution is -2.38. The van der Waals surface area contributed by atoms with E-state index in [0.717, 1.165) is 31.2 Å². The minimum Gasteiger partial charge on any atom is -0.508 e. The van der Waals surface area contributed by atoms with Crippen LogP contribution in [0.25, 0.3) is 0 Å². The van der Waals surface area contributed by atoms with Crippen molar-refractivity contribution < 1.29 is 9.90 Å². The summed E-state index contributed by atoms with van der Waals surface area (Å²) >= 11 is 0. The van der Waals surface area contributed by atoms with Gasteiger partial charge in [0.1, 0.15) is 5.75 Å². The Morgan fingerprint density at radius 3 is 2.39 bits per heavy atom. The third-order valence-electron chi connectivity index (χ3n) is 3.93. The smallest absolute Gasteiger partial charge is 0.228 e. The zero-order valence-corrected chi connectivity index (χ0v) is 11.1. The van der Waals surface area contributed by atoms with E-state index in [2.05, 4.69) is 6.92 Å². The number of nitrogens with zero attached hydrogens (tertiary/aromatic N) is 1. The highest BCUT2D eigenvalue weighted by Crippen LogP contribution is 2.39. The Morgan fingerprint density at radius 2 is 1.83 bits per heavy atom. The van der Waals surface area contributed by atoms with Crippen LogP contribution in [-0.2, 0) is 11.3 Å². The molecule has 0 bridgehead atoms. The Labute approximate surface area is 108 Å². The van der Waals surface area contributed by atoms with Gasteiger partial charge in [0.05, 0.1) is 0 Å². The number of carbonyl (C=O) groups is 1. The van der Waals surface area contributed by atoms with Gasteiger partial charge < -0.3 is 10.0 Å². The number of carbonyl (C=O) groups excluding carboxylic acids is 1. The van der Waals surface area contributed by atoms with Gasteiger partial charge in [-0.3, -0.25) is 4.79 Å². The number of hydrogen-bond acceptors (Lipinski definition) is 2. The van der Waals surface area contributed by atoms with Crippen LogP contribution in [0.5, 0.6) is 5.75 Å². The number of aromatic hydroxyl groups is 1. The molecule has 0 radical (unpaired) electrons. The summed E-state index contributed by atoms with van der Waals surface area (Å²) in [4.78, 5) is 14.2. The maximum Gasteiger partial charge on any atom is 0.228 e. The fourth-order valence-corrected chi connectivity index (χ4v) is 2.78. The first-order valence-electron chi connectivity index (χ1n) is 6.55. The Balaban J connectivity index is 2.01. The van der Waals surface area contributed by atoms with E-state index in [1.165, 1.54) is 0 Å². The van der Waals surface area contributed by atoms with Crippen molar-refractivity contribution in [1.82, 2.24) is 4.90 Å². The second kappa shape index (κ2) is 5.01. The molecule has 0 unspecified atom stereocenters. The number of phenols is 1. The molecule has 1 aromatic carbocycles. The Morgan fingerprint density at radius 1 is 1.28 bits per heavy atom. The molecule has 1 amide bonds. The maximum absolute atomic E-state index is 12.4. The van der Waals surface area contributed by atoms with Gasteiger partial charge in [0.2, 0.25) is 5.91 Å². The molecule has 98 valence electrons. The number of amides is 1. The molecule has 3 nitrogen and oxygen atoms in total. The number of rotatable bonds is 3. The molecule has 1 N–H and O–H groups in total. The first-order valence-corrected chi connectivity index (χ1v) is 6.55. The van der Waals surface area contributed by atoms with Crippen molar-refractivity contribution in [2.45, 2.75) is 39.2 Å². The number of phenolic OH excluding ortho intramolecular Hbond substituents is 1. The number of hydrogen-bond donors (Lipinski definition) is 1. The lowest BCUT2D eigenvalue weighted by atomic mass is 9.87. The summed E-state index contributed by atoms with van der Waals surface area (Å²) in [5, 5.41) is 9.23. The van der Waals surface area contributed by atoms with Crippen molar-refractivity contribution in [2.24, 2.45) is 5.41 Å². The van der Waals surface area contributed by atoms with Crippen LogP contribution in [-0.4, -0.2) is 23.0 Å². The molecule has 1 aromatic rings. The largest absolute Gasteiger partial charge is 0.508 e. The summed E-state index contributed by atoms with van der Waals surface area (Å²) in [5.41, 5.74) is 0.885. The van der Waals surface area contributed by atoms with Gasteiger partial charge in [-0.15, -0.1) is 0 Å². The summed E-state index contributed by atoms with van der Waals surface area (Å²) in [6.45, 7) is 2.68. The minimum atomic E-state index is -0.161. The zero-order chi connectivity index (χ0) is 13.2. The summed E-state index contributed by atoms with van der Waals surface area (Å²) in [6, 6.07) is 7.03. The average Bonchev–Trinajstić information content (AvgIpc) is 2.79. The highest BCUT2D eigenvalue weighted by atomic mass is 16.3. The van der Waals surface area contributed by atoms with Crippen LogP contribution in [0.2, 0.25) is 0 Å². The molecule has 1 aliphatic carbocycles. The van der Waals surface area contributed by atoms with Crippen molar-refractivity contribution in [1.29, 1.82) is 0 Å². The summed E-state index contributed by atoms with van der Waals surface area (Å²) < 4.78 is 0. The lowest BCUT2D eigenvalue weighted by molar-refractivity contribution is -0.140. The van der Waals surface area contributed by atoms with Gasteiger partial charge in [0.15, 0.2) is 0 Å². The van der Waals surface area contributed by atoms with Crippen molar-refractivity contribution in [3.8, 4) is 5.75 Å². The predicted octanol–water partition coefficient (Wildman–Crippen LogP) is 2.93. The van der Waals surface area contributed by atoms with Crippen LogP contribution in [0.3, 0.4) is 0 Å². The molecule has 3 heteroatoms. The highest BCUT2D eigenvalue weighted by Gasteiger charge is 2.37. The summed E-state index contributed by atoms with van der Waals surface area (Å²) in [5.74, 6) is 0.503. The van der Waals surface area contributed by atoms with E-state index in [1.54, 1.807) is 17.0 Å². The fraction of sp³-hybridized carbons (Fsp3) is 0.533. The second-order valence-electron chi connectivity index (χ2n) is 5.60. The first kappa shape index (κ1) is 12.9. The molecule has 2 rings (SSSR count). The molecular weight excluding hydrogens is 226 g/mol. The maximum atomic E-state index is 12.4. The lowest BCUT2D eigenvalue weighted by Gasteiger charge is -2.29. The molecule has 0 aromatic heterocycles. The van der Waals surface area contributed by atoms with E-state index >= 15 is 0 Å². The third-order valence-corrected chi connectivity index (χ3v) is 3.93. The van der Waals surface area contributed by atoms with Crippen molar-refractivity contribution >= 4 is 5.91 Å². The van der Waals surface area contributed by atoms with Gasteiger partial charge in [-0.05, 0) is 30.5 Å². The molecule has 1 saturated carbocycles. The SMILES string of the molecule is CN(Cc1ccc(O)cc1)C(=O)C1(C)CCCC1. The van der Waals surface area contributed by atoms with Crippen molar-refractivity contribution in [3.63, 3.8) is 0 Å². The minimum absolute atomic E-state index is 0.161. The second-order valence-corrected chi connectivity index (χ2v) is 5.60. The fourth-order valence-electron chi connectivity index (χ4n) is 2.78. The predicted molar refractivity (Wildman–Crippen MR) is 71.2 cm³/mol. The Bertz CT molecular complexity index is 419. The van der Waals surface area contributed by atoms with E-state index in [1.807, 2.05) is 19.2 Å². The Kier molecular flexibility index (Phi) is 3.60.